The molecule has 1 atom stereocenters. The molecular weight excluding hydrogens is 495 g/mol. The molecule has 0 radical (unpaired) electrons. The number of hydrogen-bond acceptors (Lipinski definition) is 5. The topological polar surface area (TPSA) is 67.4 Å². The van der Waals surface area contributed by atoms with Gasteiger partial charge in [0.1, 0.15) is 5.75 Å². The lowest BCUT2D eigenvalue weighted by Crippen LogP contribution is -2.41. The fourth-order valence-electron chi connectivity index (χ4n) is 3.04. The normalized spacial score (nSPS) is 12.0. The standard InChI is InChI=1S/C22H32N4O3.HI/c1-23-22(24-14-16-10-11-20(28-5)21(12-16)29-6)25-15-19(26(2)3)17-8-7-9-18(13-17)27-4;/h7-13,19H,14-15H2,1-6H3,(H2,23,24,25);1H. The molecule has 0 aromatic heterocycles. The summed E-state index contributed by atoms with van der Waals surface area (Å²) in [6.45, 7) is 1.32. The summed E-state index contributed by atoms with van der Waals surface area (Å²) in [6, 6.07) is 14.2. The van der Waals surface area contributed by atoms with E-state index < -0.39 is 0 Å². The van der Waals surface area contributed by atoms with Crippen molar-refractivity contribution in [2.45, 2.75) is 12.6 Å². The molecule has 0 aliphatic carbocycles. The van der Waals surface area contributed by atoms with Gasteiger partial charge in [-0.3, -0.25) is 4.99 Å². The van der Waals surface area contributed by atoms with E-state index in [1.54, 1.807) is 28.4 Å². The lowest BCUT2D eigenvalue weighted by molar-refractivity contribution is 0.297. The first-order valence-electron chi connectivity index (χ1n) is 9.48. The fourth-order valence-corrected chi connectivity index (χ4v) is 3.04. The van der Waals surface area contributed by atoms with Crippen molar-refractivity contribution in [2.24, 2.45) is 4.99 Å². The Morgan fingerprint density at radius 2 is 1.70 bits per heavy atom. The summed E-state index contributed by atoms with van der Waals surface area (Å²) in [6.07, 6.45) is 0. The van der Waals surface area contributed by atoms with Crippen LogP contribution < -0.4 is 24.8 Å². The number of aliphatic imine (C=N–C) groups is 1. The summed E-state index contributed by atoms with van der Waals surface area (Å²) < 4.78 is 16.0. The highest BCUT2D eigenvalue weighted by molar-refractivity contribution is 14.0. The van der Waals surface area contributed by atoms with Crippen LogP contribution in [-0.4, -0.2) is 59.9 Å². The first-order valence-corrected chi connectivity index (χ1v) is 9.48. The maximum Gasteiger partial charge on any atom is 0.191 e. The van der Waals surface area contributed by atoms with Crippen molar-refractivity contribution in [1.29, 1.82) is 0 Å². The number of nitrogens with one attached hydrogen (secondary N) is 2. The number of methoxy groups -OCH3 is 3. The SMILES string of the molecule is CN=C(NCc1ccc(OC)c(OC)c1)NCC(c1cccc(OC)c1)N(C)C.I. The van der Waals surface area contributed by atoms with Crippen LogP contribution in [0.3, 0.4) is 0 Å². The van der Waals surface area contributed by atoms with Gasteiger partial charge in [-0.05, 0) is 49.5 Å². The van der Waals surface area contributed by atoms with Crippen molar-refractivity contribution in [2.75, 3.05) is 49.0 Å². The molecule has 0 amide bonds. The van der Waals surface area contributed by atoms with Crippen LogP contribution in [0.25, 0.3) is 0 Å². The Labute approximate surface area is 196 Å². The molecule has 0 heterocycles. The van der Waals surface area contributed by atoms with E-state index in [-0.39, 0.29) is 30.0 Å². The predicted molar refractivity (Wildman–Crippen MR) is 133 cm³/mol. The number of nitrogens with zero attached hydrogens (tertiary/aromatic N) is 2. The summed E-state index contributed by atoms with van der Waals surface area (Å²) in [4.78, 5) is 6.50. The van der Waals surface area contributed by atoms with Gasteiger partial charge in [0.2, 0.25) is 0 Å². The van der Waals surface area contributed by atoms with Gasteiger partial charge in [-0.1, -0.05) is 18.2 Å². The molecular formula is C22H33IN4O3. The van der Waals surface area contributed by atoms with Gasteiger partial charge in [0.15, 0.2) is 17.5 Å². The molecule has 2 rings (SSSR count). The Hall–Kier alpha value is -2.20. The second kappa shape index (κ2) is 13.2. The Morgan fingerprint density at radius 1 is 0.967 bits per heavy atom. The van der Waals surface area contributed by atoms with E-state index in [9.17, 15) is 0 Å². The lowest BCUT2D eigenvalue weighted by atomic mass is 10.1. The van der Waals surface area contributed by atoms with Gasteiger partial charge in [-0.2, -0.15) is 0 Å². The van der Waals surface area contributed by atoms with Crippen LogP contribution in [0, 0.1) is 0 Å². The highest BCUT2D eigenvalue weighted by Gasteiger charge is 2.15. The van der Waals surface area contributed by atoms with Gasteiger partial charge in [0.05, 0.1) is 27.4 Å². The minimum absolute atomic E-state index is 0. The third kappa shape index (κ3) is 7.24. The smallest absolute Gasteiger partial charge is 0.191 e. The van der Waals surface area contributed by atoms with Gasteiger partial charge in [-0.25, -0.2) is 0 Å². The minimum Gasteiger partial charge on any atom is -0.497 e. The number of likely N-dealkylation sites (N-methyl/N-ethyl adjacent to an activating group) is 1. The van der Waals surface area contributed by atoms with Crippen LogP contribution in [-0.2, 0) is 6.54 Å². The number of halogens is 1. The summed E-state index contributed by atoms with van der Waals surface area (Å²) in [5.74, 6) is 3.01. The first kappa shape index (κ1) is 25.8. The van der Waals surface area contributed by atoms with Gasteiger partial charge in [-0.15, -0.1) is 24.0 Å². The molecule has 0 aliphatic rings. The molecule has 2 aromatic rings. The second-order valence-electron chi connectivity index (χ2n) is 6.75. The maximum atomic E-state index is 5.37. The van der Waals surface area contributed by atoms with E-state index >= 15 is 0 Å². The van der Waals surface area contributed by atoms with E-state index in [4.69, 9.17) is 14.2 Å². The minimum atomic E-state index is 0. The summed E-state index contributed by atoms with van der Waals surface area (Å²) in [5, 5.41) is 6.75. The van der Waals surface area contributed by atoms with E-state index in [1.807, 2.05) is 30.3 Å². The van der Waals surface area contributed by atoms with Crippen LogP contribution in [0.4, 0.5) is 0 Å². The highest BCUT2D eigenvalue weighted by Crippen LogP contribution is 2.27. The summed E-state index contributed by atoms with van der Waals surface area (Å²) in [5.41, 5.74) is 2.25. The number of ether oxygens (including phenoxy) is 3. The second-order valence-corrected chi connectivity index (χ2v) is 6.75. The Balaban J connectivity index is 0.00000450. The van der Waals surface area contributed by atoms with Crippen molar-refractivity contribution in [3.63, 3.8) is 0 Å². The Morgan fingerprint density at radius 3 is 2.30 bits per heavy atom. The van der Waals surface area contributed by atoms with Crippen molar-refractivity contribution in [3.05, 3.63) is 53.6 Å². The molecule has 0 aliphatic heterocycles. The Kier molecular flexibility index (Phi) is 11.3. The molecule has 30 heavy (non-hydrogen) atoms. The summed E-state index contributed by atoms with van der Waals surface area (Å²) in [7, 11) is 10.8. The largest absolute Gasteiger partial charge is 0.497 e. The zero-order valence-corrected chi connectivity index (χ0v) is 20.9. The molecule has 0 fully saturated rings. The van der Waals surface area contributed by atoms with Crippen LogP contribution in [0.15, 0.2) is 47.5 Å². The molecule has 2 aromatic carbocycles. The fraction of sp³-hybridized carbons (Fsp3) is 0.409. The van der Waals surface area contributed by atoms with Gasteiger partial charge < -0.3 is 29.7 Å². The number of benzene rings is 2. The molecule has 2 N–H and O–H groups in total. The zero-order valence-electron chi connectivity index (χ0n) is 18.6. The first-order chi connectivity index (χ1) is 14.0. The van der Waals surface area contributed by atoms with Gasteiger partial charge in [0, 0.05) is 20.1 Å². The molecule has 0 bridgehead atoms. The third-order valence-corrected chi connectivity index (χ3v) is 4.70. The van der Waals surface area contributed by atoms with E-state index in [0.717, 1.165) is 17.3 Å². The van der Waals surface area contributed by atoms with Gasteiger partial charge in [0.25, 0.3) is 0 Å². The molecule has 0 saturated heterocycles. The zero-order chi connectivity index (χ0) is 21.2. The van der Waals surface area contributed by atoms with Gasteiger partial charge >= 0.3 is 0 Å². The van der Waals surface area contributed by atoms with Crippen LogP contribution >= 0.6 is 24.0 Å². The van der Waals surface area contributed by atoms with Crippen molar-refractivity contribution < 1.29 is 14.2 Å². The van der Waals surface area contributed by atoms with E-state index in [0.29, 0.717) is 24.6 Å². The van der Waals surface area contributed by atoms with Crippen LogP contribution in [0.2, 0.25) is 0 Å². The molecule has 8 heteroatoms. The average Bonchev–Trinajstić information content (AvgIpc) is 2.75. The highest BCUT2D eigenvalue weighted by atomic mass is 127. The lowest BCUT2D eigenvalue weighted by Gasteiger charge is -2.26. The van der Waals surface area contributed by atoms with E-state index in [2.05, 4.69) is 46.8 Å². The van der Waals surface area contributed by atoms with Crippen LogP contribution in [0.5, 0.6) is 17.2 Å². The number of guanidine groups is 1. The molecule has 166 valence electrons. The van der Waals surface area contributed by atoms with Crippen molar-refractivity contribution in [3.8, 4) is 17.2 Å². The molecule has 1 unspecified atom stereocenters. The quantitative estimate of drug-likeness (QED) is 0.296. The van der Waals surface area contributed by atoms with Crippen molar-refractivity contribution >= 4 is 29.9 Å². The third-order valence-electron chi connectivity index (χ3n) is 4.70. The molecule has 0 saturated carbocycles. The number of rotatable bonds is 9. The van der Waals surface area contributed by atoms with Crippen LogP contribution in [0.1, 0.15) is 17.2 Å². The monoisotopic (exact) mass is 528 g/mol. The van der Waals surface area contributed by atoms with E-state index in [1.165, 1.54) is 5.56 Å². The summed E-state index contributed by atoms with van der Waals surface area (Å²) >= 11 is 0. The molecule has 7 nitrogen and oxygen atoms in total. The van der Waals surface area contributed by atoms with Crippen molar-refractivity contribution in [1.82, 2.24) is 15.5 Å². The Bertz CT molecular complexity index is 815. The number of hydrogen-bond donors (Lipinski definition) is 2. The predicted octanol–water partition coefficient (Wildman–Crippen LogP) is 3.30. The molecule has 0 spiro atoms. The average molecular weight is 528 g/mol. The maximum absolute atomic E-state index is 5.37.